The van der Waals surface area contributed by atoms with Gasteiger partial charge in [-0.2, -0.15) is 5.10 Å². The number of rotatable bonds is 7. The molecule has 0 spiro atoms. The van der Waals surface area contributed by atoms with E-state index in [1.807, 2.05) is 0 Å². The minimum atomic E-state index is -0.432. The molecule has 0 aliphatic rings. The van der Waals surface area contributed by atoms with Crippen molar-refractivity contribution in [3.63, 3.8) is 0 Å². The summed E-state index contributed by atoms with van der Waals surface area (Å²) in [4.78, 5) is 22.2. The van der Waals surface area contributed by atoms with E-state index in [1.165, 1.54) is 20.2 Å². The molecule has 0 saturated heterocycles. The number of nitrogens with zero attached hydrogens (tertiary/aromatic N) is 1. The summed E-state index contributed by atoms with van der Waals surface area (Å²) >= 11 is 0. The summed E-state index contributed by atoms with van der Waals surface area (Å²) in [6.07, 6.45) is 1.45. The van der Waals surface area contributed by atoms with Crippen molar-refractivity contribution in [2.75, 3.05) is 20.3 Å². The number of nitrogens with one attached hydrogen (secondary N) is 1. The van der Waals surface area contributed by atoms with E-state index in [1.54, 1.807) is 25.1 Å². The molecule has 0 aliphatic carbocycles. The molecule has 0 fully saturated rings. The van der Waals surface area contributed by atoms with Gasteiger partial charge in [0.05, 0.1) is 13.3 Å². The Morgan fingerprint density at radius 1 is 1.33 bits per heavy atom. The number of hydrogen-bond donors (Lipinski definition) is 1. The number of esters is 1. The number of methoxy groups -OCH3 is 1. The van der Waals surface area contributed by atoms with Gasteiger partial charge in [0, 0.05) is 13.5 Å². The average molecular weight is 294 g/mol. The number of carbonyl (C=O) groups excluding carboxylic acids is 2. The fourth-order valence-electron chi connectivity index (χ4n) is 1.41. The zero-order valence-corrected chi connectivity index (χ0v) is 12.2. The summed E-state index contributed by atoms with van der Waals surface area (Å²) in [5.41, 5.74) is 3.01. The maximum absolute atomic E-state index is 11.3. The molecule has 114 valence electrons. The monoisotopic (exact) mass is 294 g/mol. The predicted octanol–water partition coefficient (Wildman–Crippen LogP) is 1.11. The summed E-state index contributed by atoms with van der Waals surface area (Å²) in [7, 11) is 1.47. The molecular weight excluding hydrogens is 276 g/mol. The van der Waals surface area contributed by atoms with Gasteiger partial charge in [-0.25, -0.2) is 5.43 Å². The van der Waals surface area contributed by atoms with E-state index in [0.717, 1.165) is 0 Å². The van der Waals surface area contributed by atoms with Crippen molar-refractivity contribution < 1.29 is 23.8 Å². The van der Waals surface area contributed by atoms with Crippen LogP contribution in [0.3, 0.4) is 0 Å². The SMILES string of the molecule is CCOCC(=O)N/N=C/c1ccc(OC(C)=O)c(OC)c1. The van der Waals surface area contributed by atoms with E-state index >= 15 is 0 Å². The van der Waals surface area contributed by atoms with Crippen LogP contribution < -0.4 is 14.9 Å². The molecule has 0 aliphatic heterocycles. The first-order chi connectivity index (χ1) is 10.1. The molecule has 1 N–H and O–H groups in total. The zero-order chi connectivity index (χ0) is 15.7. The molecule has 1 rings (SSSR count). The van der Waals surface area contributed by atoms with Gasteiger partial charge in [0.1, 0.15) is 6.61 Å². The minimum absolute atomic E-state index is 0.0391. The number of benzene rings is 1. The number of amides is 1. The summed E-state index contributed by atoms with van der Waals surface area (Å²) in [6, 6.07) is 4.90. The van der Waals surface area contributed by atoms with E-state index in [-0.39, 0.29) is 12.5 Å². The van der Waals surface area contributed by atoms with Crippen LogP contribution in [0.2, 0.25) is 0 Å². The fourth-order valence-corrected chi connectivity index (χ4v) is 1.41. The van der Waals surface area contributed by atoms with Crippen molar-refractivity contribution in [3.8, 4) is 11.5 Å². The Kier molecular flexibility index (Phi) is 6.90. The third-order valence-electron chi connectivity index (χ3n) is 2.28. The standard InChI is InChI=1S/C14H18N2O5/c1-4-20-9-14(18)16-15-8-11-5-6-12(21-10(2)17)13(7-11)19-3/h5-8H,4,9H2,1-3H3,(H,16,18)/b15-8+. The second-order valence-electron chi connectivity index (χ2n) is 3.93. The lowest BCUT2D eigenvalue weighted by molar-refractivity contribution is -0.132. The van der Waals surface area contributed by atoms with Gasteiger partial charge in [0.25, 0.3) is 5.91 Å². The average Bonchev–Trinajstić information content (AvgIpc) is 2.46. The topological polar surface area (TPSA) is 86.2 Å². The molecule has 21 heavy (non-hydrogen) atoms. The number of carbonyl (C=O) groups is 2. The molecular formula is C14H18N2O5. The van der Waals surface area contributed by atoms with Crippen LogP contribution in [0.5, 0.6) is 11.5 Å². The van der Waals surface area contributed by atoms with E-state index in [9.17, 15) is 9.59 Å². The number of hydrogen-bond acceptors (Lipinski definition) is 6. The van der Waals surface area contributed by atoms with E-state index in [0.29, 0.717) is 23.7 Å². The van der Waals surface area contributed by atoms with Crippen molar-refractivity contribution in [2.45, 2.75) is 13.8 Å². The van der Waals surface area contributed by atoms with Crippen LogP contribution in [0.15, 0.2) is 23.3 Å². The van der Waals surface area contributed by atoms with Crippen molar-refractivity contribution in [3.05, 3.63) is 23.8 Å². The lowest BCUT2D eigenvalue weighted by Gasteiger charge is -2.08. The molecule has 7 heteroatoms. The summed E-state index contributed by atoms with van der Waals surface area (Å²) in [6.45, 7) is 3.53. The maximum atomic E-state index is 11.3. The molecule has 0 unspecified atom stereocenters. The maximum Gasteiger partial charge on any atom is 0.308 e. The molecule has 0 atom stereocenters. The fraction of sp³-hybridized carbons (Fsp3) is 0.357. The van der Waals surface area contributed by atoms with Crippen LogP contribution >= 0.6 is 0 Å². The Morgan fingerprint density at radius 2 is 2.10 bits per heavy atom. The van der Waals surface area contributed by atoms with Crippen LogP contribution in [0.1, 0.15) is 19.4 Å². The Bertz CT molecular complexity index is 528. The Hall–Kier alpha value is -2.41. The van der Waals surface area contributed by atoms with E-state index < -0.39 is 5.97 Å². The van der Waals surface area contributed by atoms with Crippen molar-refractivity contribution in [2.24, 2.45) is 5.10 Å². The van der Waals surface area contributed by atoms with Crippen molar-refractivity contribution in [1.82, 2.24) is 5.43 Å². The van der Waals surface area contributed by atoms with Gasteiger partial charge in [-0.15, -0.1) is 0 Å². The van der Waals surface area contributed by atoms with Crippen LogP contribution in [-0.4, -0.2) is 38.4 Å². The van der Waals surface area contributed by atoms with Crippen molar-refractivity contribution in [1.29, 1.82) is 0 Å². The smallest absolute Gasteiger partial charge is 0.308 e. The molecule has 1 aromatic carbocycles. The second kappa shape index (κ2) is 8.70. The van der Waals surface area contributed by atoms with Crippen LogP contribution in [0, 0.1) is 0 Å². The van der Waals surface area contributed by atoms with Gasteiger partial charge < -0.3 is 14.2 Å². The highest BCUT2D eigenvalue weighted by Crippen LogP contribution is 2.27. The first kappa shape index (κ1) is 16.6. The van der Waals surface area contributed by atoms with Gasteiger partial charge >= 0.3 is 5.97 Å². The third kappa shape index (κ3) is 6.05. The minimum Gasteiger partial charge on any atom is -0.493 e. The second-order valence-corrected chi connectivity index (χ2v) is 3.93. The van der Waals surface area contributed by atoms with Crippen LogP contribution in [-0.2, 0) is 14.3 Å². The predicted molar refractivity (Wildman–Crippen MR) is 76.5 cm³/mol. The van der Waals surface area contributed by atoms with Gasteiger partial charge in [0.15, 0.2) is 11.5 Å². The molecule has 0 radical (unpaired) electrons. The largest absolute Gasteiger partial charge is 0.493 e. The molecule has 0 bridgehead atoms. The molecule has 7 nitrogen and oxygen atoms in total. The molecule has 1 amide bonds. The van der Waals surface area contributed by atoms with E-state index in [4.69, 9.17) is 14.2 Å². The first-order valence-corrected chi connectivity index (χ1v) is 6.33. The van der Waals surface area contributed by atoms with Crippen LogP contribution in [0.4, 0.5) is 0 Å². The van der Waals surface area contributed by atoms with E-state index in [2.05, 4.69) is 10.5 Å². The van der Waals surface area contributed by atoms with Gasteiger partial charge in [-0.05, 0) is 30.7 Å². The van der Waals surface area contributed by atoms with Gasteiger partial charge in [-0.1, -0.05) is 0 Å². The van der Waals surface area contributed by atoms with Gasteiger partial charge in [-0.3, -0.25) is 9.59 Å². The molecule has 1 aromatic rings. The Morgan fingerprint density at radius 3 is 2.71 bits per heavy atom. The molecule has 0 saturated carbocycles. The third-order valence-corrected chi connectivity index (χ3v) is 2.28. The Balaban J connectivity index is 2.67. The lowest BCUT2D eigenvalue weighted by Crippen LogP contribution is -2.22. The number of hydrazone groups is 1. The summed E-state index contributed by atoms with van der Waals surface area (Å²) in [5, 5.41) is 3.79. The molecule has 0 heterocycles. The normalized spacial score (nSPS) is 10.4. The van der Waals surface area contributed by atoms with Gasteiger partial charge in [0.2, 0.25) is 0 Å². The highest BCUT2D eigenvalue weighted by molar-refractivity contribution is 5.84. The number of ether oxygens (including phenoxy) is 3. The van der Waals surface area contributed by atoms with Crippen molar-refractivity contribution >= 4 is 18.1 Å². The molecule has 0 aromatic heterocycles. The summed E-state index contributed by atoms with van der Waals surface area (Å²) < 4.78 is 15.0. The quantitative estimate of drug-likeness (QED) is 0.352. The first-order valence-electron chi connectivity index (χ1n) is 6.33. The zero-order valence-electron chi connectivity index (χ0n) is 12.2. The summed E-state index contributed by atoms with van der Waals surface area (Å²) in [5.74, 6) is -0.0492. The highest BCUT2D eigenvalue weighted by Gasteiger charge is 2.07. The highest BCUT2D eigenvalue weighted by atomic mass is 16.6. The lowest BCUT2D eigenvalue weighted by atomic mass is 10.2. The Labute approximate surface area is 122 Å². The van der Waals surface area contributed by atoms with Crippen LogP contribution in [0.25, 0.3) is 0 Å².